The van der Waals surface area contributed by atoms with Crippen molar-refractivity contribution in [2.24, 2.45) is 0 Å². The first-order valence-electron chi connectivity index (χ1n) is 7.80. The fourth-order valence-corrected chi connectivity index (χ4v) is 2.82. The molecule has 0 saturated heterocycles. The molecule has 1 nitrogen and oxygen atoms in total. The molecule has 2 heteroatoms. The van der Waals surface area contributed by atoms with Crippen LogP contribution in [-0.2, 0) is 12.8 Å². The Bertz CT molecular complexity index is 592. The zero-order chi connectivity index (χ0) is 15.2. The summed E-state index contributed by atoms with van der Waals surface area (Å²) in [4.78, 5) is 0. The van der Waals surface area contributed by atoms with Gasteiger partial charge in [-0.1, -0.05) is 57.2 Å². The minimum absolute atomic E-state index is 0.0904. The standard InChI is InChI=1S/C19H24FN/c1-4-14-11-12-16(13-15(14)5-2)19(21-6-3)17-9-7-8-10-18(17)20/h7-13,19,21H,4-6H2,1-3H3. The first kappa shape index (κ1) is 15.7. The second-order valence-corrected chi connectivity index (χ2v) is 5.25. The fourth-order valence-electron chi connectivity index (χ4n) is 2.82. The van der Waals surface area contributed by atoms with Crippen molar-refractivity contribution >= 4 is 0 Å². The minimum Gasteiger partial charge on any atom is -0.306 e. The Balaban J connectivity index is 2.46. The van der Waals surface area contributed by atoms with Crippen LogP contribution >= 0.6 is 0 Å². The molecule has 0 amide bonds. The SMILES string of the molecule is CCNC(c1ccc(CC)c(CC)c1)c1ccccc1F. The van der Waals surface area contributed by atoms with Crippen LogP contribution in [0.5, 0.6) is 0 Å². The Morgan fingerprint density at radius 1 is 0.952 bits per heavy atom. The number of halogens is 1. The van der Waals surface area contributed by atoms with Crippen molar-refractivity contribution in [1.29, 1.82) is 0 Å². The molecule has 0 aromatic heterocycles. The normalized spacial score (nSPS) is 12.4. The van der Waals surface area contributed by atoms with Crippen molar-refractivity contribution in [2.45, 2.75) is 39.7 Å². The summed E-state index contributed by atoms with van der Waals surface area (Å²) in [6.45, 7) is 7.20. The number of aryl methyl sites for hydroxylation is 2. The quantitative estimate of drug-likeness (QED) is 0.814. The van der Waals surface area contributed by atoms with E-state index in [0.717, 1.165) is 24.9 Å². The highest BCUT2D eigenvalue weighted by Gasteiger charge is 2.17. The molecule has 1 atom stereocenters. The zero-order valence-electron chi connectivity index (χ0n) is 13.1. The maximum Gasteiger partial charge on any atom is 0.128 e. The van der Waals surface area contributed by atoms with E-state index in [2.05, 4.69) is 44.3 Å². The van der Waals surface area contributed by atoms with Gasteiger partial charge in [0.15, 0.2) is 0 Å². The summed E-state index contributed by atoms with van der Waals surface area (Å²) in [6, 6.07) is 13.5. The Morgan fingerprint density at radius 2 is 1.67 bits per heavy atom. The lowest BCUT2D eigenvalue weighted by molar-refractivity contribution is 0.558. The van der Waals surface area contributed by atoms with Gasteiger partial charge >= 0.3 is 0 Å². The molecule has 0 fully saturated rings. The van der Waals surface area contributed by atoms with E-state index >= 15 is 0 Å². The minimum atomic E-state index is -0.152. The molecule has 1 N–H and O–H groups in total. The molecule has 112 valence electrons. The third-order valence-corrected chi connectivity index (χ3v) is 3.95. The lowest BCUT2D eigenvalue weighted by Crippen LogP contribution is -2.23. The predicted octanol–water partition coefficient (Wildman–Crippen LogP) is 4.65. The summed E-state index contributed by atoms with van der Waals surface area (Å²) < 4.78 is 14.1. The second-order valence-electron chi connectivity index (χ2n) is 5.25. The van der Waals surface area contributed by atoms with Gasteiger partial charge < -0.3 is 5.32 Å². The summed E-state index contributed by atoms with van der Waals surface area (Å²) in [5, 5.41) is 3.40. The van der Waals surface area contributed by atoms with E-state index in [1.54, 1.807) is 6.07 Å². The van der Waals surface area contributed by atoms with Gasteiger partial charge in [-0.2, -0.15) is 0 Å². The van der Waals surface area contributed by atoms with Crippen molar-refractivity contribution in [3.05, 3.63) is 70.5 Å². The van der Waals surface area contributed by atoms with Gasteiger partial charge in [-0.15, -0.1) is 0 Å². The van der Waals surface area contributed by atoms with Crippen molar-refractivity contribution in [3.63, 3.8) is 0 Å². The molecule has 0 aliphatic heterocycles. The maximum absolute atomic E-state index is 14.1. The highest BCUT2D eigenvalue weighted by molar-refractivity contribution is 5.38. The van der Waals surface area contributed by atoms with Gasteiger partial charge in [-0.25, -0.2) is 4.39 Å². The summed E-state index contributed by atoms with van der Waals surface area (Å²) in [5.74, 6) is -0.152. The molecule has 1 unspecified atom stereocenters. The summed E-state index contributed by atoms with van der Waals surface area (Å²) in [6.07, 6.45) is 2.04. The average Bonchev–Trinajstić information content (AvgIpc) is 2.53. The molecule has 0 aliphatic carbocycles. The summed E-state index contributed by atoms with van der Waals surface area (Å²) in [5.41, 5.74) is 4.58. The van der Waals surface area contributed by atoms with Crippen LogP contribution in [0.3, 0.4) is 0 Å². The van der Waals surface area contributed by atoms with Crippen LogP contribution in [-0.4, -0.2) is 6.54 Å². The number of hydrogen-bond donors (Lipinski definition) is 1. The predicted molar refractivity (Wildman–Crippen MR) is 87.1 cm³/mol. The van der Waals surface area contributed by atoms with Gasteiger partial charge in [-0.05, 0) is 42.1 Å². The Labute approximate surface area is 127 Å². The van der Waals surface area contributed by atoms with Crippen LogP contribution < -0.4 is 5.32 Å². The van der Waals surface area contributed by atoms with E-state index in [0.29, 0.717) is 5.56 Å². The van der Waals surface area contributed by atoms with Crippen LogP contribution in [0.4, 0.5) is 4.39 Å². The number of nitrogens with one attached hydrogen (secondary N) is 1. The maximum atomic E-state index is 14.1. The molecule has 2 rings (SSSR count). The molecule has 2 aromatic rings. The smallest absolute Gasteiger partial charge is 0.128 e. The van der Waals surface area contributed by atoms with Gasteiger partial charge in [-0.3, -0.25) is 0 Å². The molecule has 0 saturated carbocycles. The van der Waals surface area contributed by atoms with Gasteiger partial charge in [0.2, 0.25) is 0 Å². The fraction of sp³-hybridized carbons (Fsp3) is 0.368. The highest BCUT2D eigenvalue weighted by Crippen LogP contribution is 2.26. The summed E-state index contributed by atoms with van der Waals surface area (Å²) in [7, 11) is 0. The Morgan fingerprint density at radius 3 is 2.29 bits per heavy atom. The van der Waals surface area contributed by atoms with Crippen LogP contribution in [0.2, 0.25) is 0 Å². The van der Waals surface area contributed by atoms with E-state index in [4.69, 9.17) is 0 Å². The second kappa shape index (κ2) is 7.37. The molecule has 0 aliphatic rings. The molecular formula is C19H24FN. The Kier molecular flexibility index (Phi) is 5.51. The van der Waals surface area contributed by atoms with Crippen molar-refractivity contribution in [2.75, 3.05) is 6.54 Å². The van der Waals surface area contributed by atoms with Crippen LogP contribution in [0.1, 0.15) is 49.1 Å². The van der Waals surface area contributed by atoms with E-state index in [1.807, 2.05) is 12.1 Å². The zero-order valence-corrected chi connectivity index (χ0v) is 13.1. The molecule has 0 radical (unpaired) electrons. The molecule has 0 bridgehead atoms. The Hall–Kier alpha value is -1.67. The first-order valence-corrected chi connectivity index (χ1v) is 7.80. The molecule has 2 aromatic carbocycles. The van der Waals surface area contributed by atoms with E-state index in [-0.39, 0.29) is 11.9 Å². The molecule has 0 heterocycles. The topological polar surface area (TPSA) is 12.0 Å². The lowest BCUT2D eigenvalue weighted by atomic mass is 9.93. The first-order chi connectivity index (χ1) is 10.2. The van der Waals surface area contributed by atoms with Crippen molar-refractivity contribution in [3.8, 4) is 0 Å². The third-order valence-electron chi connectivity index (χ3n) is 3.95. The number of rotatable bonds is 6. The monoisotopic (exact) mass is 285 g/mol. The van der Waals surface area contributed by atoms with Crippen LogP contribution in [0, 0.1) is 5.82 Å². The van der Waals surface area contributed by atoms with Gasteiger partial charge in [0.1, 0.15) is 5.82 Å². The lowest BCUT2D eigenvalue weighted by Gasteiger charge is -2.21. The van der Waals surface area contributed by atoms with Crippen molar-refractivity contribution < 1.29 is 4.39 Å². The van der Waals surface area contributed by atoms with Crippen molar-refractivity contribution in [1.82, 2.24) is 5.32 Å². The van der Waals surface area contributed by atoms with E-state index in [1.165, 1.54) is 17.2 Å². The van der Waals surface area contributed by atoms with E-state index < -0.39 is 0 Å². The summed E-state index contributed by atoms with van der Waals surface area (Å²) >= 11 is 0. The molecule has 21 heavy (non-hydrogen) atoms. The molecular weight excluding hydrogens is 261 g/mol. The molecule has 0 spiro atoms. The number of hydrogen-bond acceptors (Lipinski definition) is 1. The van der Waals surface area contributed by atoms with Gasteiger partial charge in [0.25, 0.3) is 0 Å². The van der Waals surface area contributed by atoms with Crippen LogP contribution in [0.25, 0.3) is 0 Å². The average molecular weight is 285 g/mol. The van der Waals surface area contributed by atoms with Crippen LogP contribution in [0.15, 0.2) is 42.5 Å². The number of benzene rings is 2. The largest absolute Gasteiger partial charge is 0.306 e. The van der Waals surface area contributed by atoms with E-state index in [9.17, 15) is 4.39 Å². The highest BCUT2D eigenvalue weighted by atomic mass is 19.1. The third kappa shape index (κ3) is 3.51. The van der Waals surface area contributed by atoms with Gasteiger partial charge in [0, 0.05) is 5.56 Å². The van der Waals surface area contributed by atoms with Gasteiger partial charge in [0.05, 0.1) is 6.04 Å².